The molecule has 2 saturated heterocycles. The molecule has 36 heavy (non-hydrogen) atoms. The Morgan fingerprint density at radius 2 is 2.00 bits per heavy atom. The molecule has 0 aliphatic carbocycles. The third-order valence-electron chi connectivity index (χ3n) is 6.45. The molecule has 10 heteroatoms. The van der Waals surface area contributed by atoms with Crippen LogP contribution in [0.25, 0.3) is 17.2 Å². The molecule has 1 aromatic carbocycles. The molecule has 9 nitrogen and oxygen atoms in total. The van der Waals surface area contributed by atoms with Crippen molar-refractivity contribution in [3.05, 3.63) is 59.3 Å². The Balaban J connectivity index is 1.41. The van der Waals surface area contributed by atoms with E-state index in [1.807, 2.05) is 11.5 Å². The van der Waals surface area contributed by atoms with E-state index in [1.165, 1.54) is 17.8 Å². The lowest BCUT2D eigenvalue weighted by atomic mass is 10.1. The Labute approximate surface area is 209 Å². The number of hydrogen-bond acceptors (Lipinski definition) is 8. The Morgan fingerprint density at radius 3 is 2.67 bits per heavy atom. The average molecular weight is 492 g/mol. The van der Waals surface area contributed by atoms with E-state index in [4.69, 9.17) is 15.2 Å². The van der Waals surface area contributed by atoms with E-state index in [1.54, 1.807) is 13.0 Å². The van der Waals surface area contributed by atoms with Crippen LogP contribution in [0.5, 0.6) is 6.01 Å². The number of aliphatic imine (C=N–C) groups is 1. The smallest absolute Gasteiger partial charge is 0.320 e. The maximum Gasteiger partial charge on any atom is 0.320 e. The summed E-state index contributed by atoms with van der Waals surface area (Å²) >= 11 is 0. The lowest BCUT2D eigenvalue weighted by Gasteiger charge is -2.26. The van der Waals surface area contributed by atoms with Gasteiger partial charge >= 0.3 is 6.01 Å². The predicted octanol–water partition coefficient (Wildman–Crippen LogP) is 3.74. The number of aromatic nitrogens is 4. The molecule has 2 bridgehead atoms. The van der Waals surface area contributed by atoms with Crippen molar-refractivity contribution in [3.8, 4) is 6.01 Å². The number of morpholine rings is 1. The Kier molecular flexibility index (Phi) is 7.06. The van der Waals surface area contributed by atoms with Gasteiger partial charge in [-0.15, -0.1) is 0 Å². The van der Waals surface area contributed by atoms with Crippen molar-refractivity contribution in [3.63, 3.8) is 0 Å². The molecule has 3 aromatic rings. The topological polar surface area (TPSA) is 104 Å². The number of halogens is 1. The number of fused-ring (bicyclic) bond motifs is 3. The predicted molar refractivity (Wildman–Crippen MR) is 137 cm³/mol. The number of allylic oxidation sites excluding steroid dienone is 2. The monoisotopic (exact) mass is 491 g/mol. The van der Waals surface area contributed by atoms with Crippen molar-refractivity contribution in [2.24, 2.45) is 4.99 Å². The van der Waals surface area contributed by atoms with Gasteiger partial charge in [0, 0.05) is 25.3 Å². The van der Waals surface area contributed by atoms with Gasteiger partial charge in [0.25, 0.3) is 0 Å². The number of nitrogens with two attached hydrogens (primary N) is 1. The van der Waals surface area contributed by atoms with Crippen molar-refractivity contribution >= 4 is 29.3 Å². The highest BCUT2D eigenvalue weighted by Gasteiger charge is 2.38. The fourth-order valence-corrected chi connectivity index (χ4v) is 4.63. The first-order valence-electron chi connectivity index (χ1n) is 12.2. The number of likely N-dealkylation sites (tertiary alicyclic amines) is 1. The Bertz CT molecular complexity index is 1320. The molecule has 5 rings (SSSR count). The lowest BCUT2D eigenvalue weighted by Crippen LogP contribution is -2.36. The molecule has 0 radical (unpaired) electrons. The van der Waals surface area contributed by atoms with Crippen LogP contribution in [0.2, 0.25) is 0 Å². The van der Waals surface area contributed by atoms with Crippen molar-refractivity contribution in [2.75, 3.05) is 25.5 Å². The number of rotatable bonds is 9. The van der Waals surface area contributed by atoms with Gasteiger partial charge in [0.2, 0.25) is 0 Å². The highest BCUT2D eigenvalue weighted by molar-refractivity contribution is 5.84. The third-order valence-corrected chi connectivity index (χ3v) is 6.45. The summed E-state index contributed by atoms with van der Waals surface area (Å²) < 4.78 is 26.5. The van der Waals surface area contributed by atoms with E-state index in [0.29, 0.717) is 42.3 Å². The van der Waals surface area contributed by atoms with Crippen LogP contribution in [0.4, 0.5) is 10.2 Å². The van der Waals surface area contributed by atoms with Crippen LogP contribution in [0, 0.1) is 0 Å². The van der Waals surface area contributed by atoms with E-state index < -0.39 is 5.83 Å². The zero-order valence-corrected chi connectivity index (χ0v) is 20.5. The van der Waals surface area contributed by atoms with E-state index in [-0.39, 0.29) is 11.8 Å². The molecule has 2 fully saturated rings. The second-order valence-corrected chi connectivity index (χ2v) is 8.91. The van der Waals surface area contributed by atoms with Crippen molar-refractivity contribution < 1.29 is 13.9 Å². The largest absolute Gasteiger partial charge is 0.464 e. The summed E-state index contributed by atoms with van der Waals surface area (Å²) in [4.78, 5) is 19.9. The van der Waals surface area contributed by atoms with Crippen LogP contribution >= 0.6 is 0 Å². The second-order valence-electron chi connectivity index (χ2n) is 8.91. The van der Waals surface area contributed by atoms with Gasteiger partial charge in [-0.1, -0.05) is 30.3 Å². The number of nitrogens with zero attached hydrogens (tertiary/aromatic N) is 6. The molecule has 0 unspecified atom stereocenters. The van der Waals surface area contributed by atoms with E-state index in [2.05, 4.69) is 49.1 Å². The standard InChI is InChI=1S/C26H30FN7O2/c1-3-19(27)12-29-10-9-22-30-23-24(28)31-26(35-4-2)32-25(23)34(22)14-18-7-5-17(6-8-18)13-33-15-21-11-20(33)16-36-21/h3,5-10,12,20-21H,4,11,13-16H2,1-2H3,(H2,28,31,32)/b10-9+,19-3+,29-12-/t20-,21-/m0/s1. The summed E-state index contributed by atoms with van der Waals surface area (Å²) in [5.41, 5.74) is 9.56. The minimum Gasteiger partial charge on any atom is -0.464 e. The van der Waals surface area contributed by atoms with Gasteiger partial charge in [0.1, 0.15) is 11.7 Å². The first-order valence-corrected chi connectivity index (χ1v) is 12.2. The SMILES string of the molecule is C\C=C(F)/C=N\C=C\c1nc2c(N)nc(OCC)nc2n1Cc1ccc(CN2C[C@@H]3C[C@H]2CO3)cc1. The molecule has 0 amide bonds. The first kappa shape index (κ1) is 24.1. The summed E-state index contributed by atoms with van der Waals surface area (Å²) in [5.74, 6) is 0.397. The molecule has 0 saturated carbocycles. The summed E-state index contributed by atoms with van der Waals surface area (Å²) in [5, 5.41) is 0. The van der Waals surface area contributed by atoms with Gasteiger partial charge in [-0.05, 0) is 37.5 Å². The van der Waals surface area contributed by atoms with Crippen molar-refractivity contribution in [1.29, 1.82) is 0 Å². The van der Waals surface area contributed by atoms with Crippen molar-refractivity contribution in [1.82, 2.24) is 24.4 Å². The molecule has 0 spiro atoms. The molecule has 2 aliphatic heterocycles. The number of nitrogen functional groups attached to an aromatic ring is 1. The van der Waals surface area contributed by atoms with E-state index >= 15 is 0 Å². The zero-order valence-electron chi connectivity index (χ0n) is 20.5. The number of anilines is 1. The molecule has 2 aliphatic rings. The summed E-state index contributed by atoms with van der Waals surface area (Å²) in [6.07, 6.45) is 7.20. The number of benzene rings is 1. The number of hydrogen-bond donors (Lipinski definition) is 1. The minimum absolute atomic E-state index is 0.201. The quantitative estimate of drug-likeness (QED) is 0.455. The Hall–Kier alpha value is -3.63. The number of ether oxygens (including phenoxy) is 2. The average Bonchev–Trinajstić information content (AvgIpc) is 3.59. The van der Waals surface area contributed by atoms with Gasteiger partial charge in [0.05, 0.1) is 32.1 Å². The molecule has 2 N–H and O–H groups in total. The van der Waals surface area contributed by atoms with Crippen LogP contribution in [-0.4, -0.2) is 62.5 Å². The summed E-state index contributed by atoms with van der Waals surface area (Å²) in [6, 6.07) is 9.30. The van der Waals surface area contributed by atoms with Crippen LogP contribution in [0.15, 0.2) is 47.4 Å². The molecular weight excluding hydrogens is 461 g/mol. The van der Waals surface area contributed by atoms with Crippen LogP contribution < -0.4 is 10.5 Å². The second kappa shape index (κ2) is 10.5. The minimum atomic E-state index is -0.418. The fourth-order valence-electron chi connectivity index (χ4n) is 4.63. The summed E-state index contributed by atoms with van der Waals surface area (Å²) in [7, 11) is 0. The third kappa shape index (κ3) is 5.14. The van der Waals surface area contributed by atoms with Gasteiger partial charge in [0.15, 0.2) is 17.0 Å². The van der Waals surface area contributed by atoms with Crippen molar-refractivity contribution in [2.45, 2.75) is 45.5 Å². The van der Waals surface area contributed by atoms with Gasteiger partial charge < -0.3 is 19.8 Å². The Morgan fingerprint density at radius 1 is 1.22 bits per heavy atom. The molecule has 188 valence electrons. The molecular formula is C26H30FN7O2. The van der Waals surface area contributed by atoms with Gasteiger partial charge in [-0.2, -0.15) is 9.97 Å². The highest BCUT2D eigenvalue weighted by Crippen LogP contribution is 2.29. The van der Waals surface area contributed by atoms with Gasteiger partial charge in [-0.25, -0.2) is 9.37 Å². The van der Waals surface area contributed by atoms with E-state index in [0.717, 1.165) is 37.9 Å². The van der Waals surface area contributed by atoms with Crippen LogP contribution in [-0.2, 0) is 17.8 Å². The fraction of sp³-hybridized carbons (Fsp3) is 0.385. The number of imidazole rings is 1. The zero-order chi connectivity index (χ0) is 25.1. The van der Waals surface area contributed by atoms with Crippen LogP contribution in [0.3, 0.4) is 0 Å². The first-order chi connectivity index (χ1) is 17.5. The van der Waals surface area contributed by atoms with Crippen LogP contribution in [0.1, 0.15) is 37.2 Å². The summed E-state index contributed by atoms with van der Waals surface area (Å²) in [6.45, 7) is 7.17. The molecule has 4 heterocycles. The lowest BCUT2D eigenvalue weighted by molar-refractivity contribution is 0.0273. The highest BCUT2D eigenvalue weighted by atomic mass is 19.1. The van der Waals surface area contributed by atoms with Gasteiger partial charge in [-0.3, -0.25) is 9.89 Å². The molecule has 2 atom stereocenters. The maximum atomic E-state index is 13.4. The van der Waals surface area contributed by atoms with E-state index in [9.17, 15) is 4.39 Å². The normalized spacial score (nSPS) is 20.5. The molecule has 2 aromatic heterocycles. The maximum absolute atomic E-state index is 13.4.